The van der Waals surface area contributed by atoms with E-state index >= 15 is 0 Å². The Labute approximate surface area is 120 Å². The van der Waals surface area contributed by atoms with Crippen LogP contribution in [-0.4, -0.2) is 34.2 Å². The van der Waals surface area contributed by atoms with Gasteiger partial charge in [-0.3, -0.25) is 0 Å². The fraction of sp³-hybridized carbons (Fsp3) is 0.364. The molecule has 114 valence electrons. The smallest absolute Gasteiger partial charge is 0.352 e. The first-order chi connectivity index (χ1) is 9.83. The van der Waals surface area contributed by atoms with Crippen LogP contribution in [0, 0.1) is 6.92 Å². The number of nitrogens with zero attached hydrogens (tertiary/aromatic N) is 3. The molecule has 2 rings (SSSR count). The molecule has 0 spiro atoms. The quantitative estimate of drug-likeness (QED) is 0.788. The Kier molecular flexibility index (Phi) is 4.09. The Morgan fingerprint density at radius 1 is 1.52 bits per heavy atom. The Hall–Kier alpha value is -2.20. The maximum atomic E-state index is 12.1. The van der Waals surface area contributed by atoms with Gasteiger partial charge in [-0.25, -0.2) is 17.9 Å². The van der Waals surface area contributed by atoms with Gasteiger partial charge in [-0.1, -0.05) is 5.16 Å². The van der Waals surface area contributed by atoms with Gasteiger partial charge >= 0.3 is 5.97 Å². The second-order valence-corrected chi connectivity index (χ2v) is 5.98. The van der Waals surface area contributed by atoms with Gasteiger partial charge < -0.3 is 14.2 Å². The highest BCUT2D eigenvalue weighted by atomic mass is 32.2. The van der Waals surface area contributed by atoms with Crippen molar-refractivity contribution in [1.82, 2.24) is 19.4 Å². The zero-order valence-corrected chi connectivity index (χ0v) is 12.2. The van der Waals surface area contributed by atoms with Crippen LogP contribution >= 0.6 is 0 Å². The number of aromatic nitrogens is 3. The summed E-state index contributed by atoms with van der Waals surface area (Å²) in [5, 5.41) is 12.6. The molecule has 0 saturated carbocycles. The van der Waals surface area contributed by atoms with E-state index in [-0.39, 0.29) is 23.0 Å². The molecule has 2 heterocycles. The van der Waals surface area contributed by atoms with E-state index in [9.17, 15) is 13.2 Å². The monoisotopic (exact) mass is 314 g/mol. The Morgan fingerprint density at radius 3 is 2.71 bits per heavy atom. The largest absolute Gasteiger partial charge is 0.477 e. The van der Waals surface area contributed by atoms with Crippen LogP contribution < -0.4 is 4.72 Å². The molecule has 0 aliphatic rings. The van der Waals surface area contributed by atoms with Gasteiger partial charge in [0.15, 0.2) is 5.82 Å². The minimum absolute atomic E-state index is 0.0912. The topological polar surface area (TPSA) is 127 Å². The average molecular weight is 314 g/mol. The van der Waals surface area contributed by atoms with Gasteiger partial charge in [0.2, 0.25) is 15.9 Å². The Balaban J connectivity index is 2.21. The third kappa shape index (κ3) is 3.28. The summed E-state index contributed by atoms with van der Waals surface area (Å²) in [5.41, 5.74) is -0.0912. The van der Waals surface area contributed by atoms with Gasteiger partial charge in [-0.2, -0.15) is 4.98 Å². The number of aryl methyl sites for hydroxylation is 2. The lowest BCUT2D eigenvalue weighted by atomic mass is 10.4. The molecule has 10 heteroatoms. The van der Waals surface area contributed by atoms with Crippen LogP contribution in [0.15, 0.2) is 21.7 Å². The average Bonchev–Trinajstić information content (AvgIpc) is 3.02. The fourth-order valence-electron chi connectivity index (χ4n) is 1.72. The van der Waals surface area contributed by atoms with Crippen LogP contribution in [0.4, 0.5) is 0 Å². The molecule has 0 bridgehead atoms. The second-order valence-electron chi connectivity index (χ2n) is 4.21. The molecule has 2 N–H and O–H groups in total. The van der Waals surface area contributed by atoms with Crippen LogP contribution in [0.25, 0.3) is 0 Å². The van der Waals surface area contributed by atoms with E-state index < -0.39 is 16.0 Å². The van der Waals surface area contributed by atoms with Crippen molar-refractivity contribution < 1.29 is 22.8 Å². The van der Waals surface area contributed by atoms with E-state index in [0.29, 0.717) is 12.4 Å². The van der Waals surface area contributed by atoms with E-state index in [2.05, 4.69) is 14.9 Å². The first kappa shape index (κ1) is 15.2. The van der Waals surface area contributed by atoms with Crippen LogP contribution in [0.2, 0.25) is 0 Å². The molecule has 0 aliphatic heterocycles. The standard InChI is InChI=1S/C11H14N4O5S/c1-3-15-6-8(4-9(15)11(16)17)21(18,19)12-5-10-13-7(2)14-20-10/h4,6,12H,3,5H2,1-2H3,(H,16,17). The molecule has 0 aromatic carbocycles. The number of carboxylic acid groups (broad SMARTS) is 1. The summed E-state index contributed by atoms with van der Waals surface area (Å²) in [6.07, 6.45) is 1.27. The van der Waals surface area contributed by atoms with Crippen molar-refractivity contribution in [3.05, 3.63) is 29.7 Å². The maximum absolute atomic E-state index is 12.1. The summed E-state index contributed by atoms with van der Waals surface area (Å²) >= 11 is 0. The summed E-state index contributed by atoms with van der Waals surface area (Å²) in [7, 11) is -3.86. The van der Waals surface area contributed by atoms with Crippen LogP contribution in [0.1, 0.15) is 29.1 Å². The first-order valence-electron chi connectivity index (χ1n) is 6.06. The minimum Gasteiger partial charge on any atom is -0.477 e. The van der Waals surface area contributed by atoms with E-state index in [0.717, 1.165) is 6.07 Å². The van der Waals surface area contributed by atoms with Crippen molar-refractivity contribution in [2.24, 2.45) is 0 Å². The summed E-state index contributed by atoms with van der Waals surface area (Å²) in [6.45, 7) is 3.52. The van der Waals surface area contributed by atoms with Crippen molar-refractivity contribution in [1.29, 1.82) is 0 Å². The van der Waals surface area contributed by atoms with E-state index in [4.69, 9.17) is 9.63 Å². The molecule has 0 amide bonds. The molecule has 0 radical (unpaired) electrons. The summed E-state index contributed by atoms with van der Waals surface area (Å²) in [4.78, 5) is 14.8. The van der Waals surface area contributed by atoms with Crippen LogP contribution in [0.3, 0.4) is 0 Å². The van der Waals surface area contributed by atoms with Crippen molar-refractivity contribution in [2.75, 3.05) is 0 Å². The van der Waals surface area contributed by atoms with Crippen LogP contribution in [-0.2, 0) is 23.1 Å². The third-order valence-corrected chi connectivity index (χ3v) is 4.09. The highest BCUT2D eigenvalue weighted by Gasteiger charge is 2.21. The summed E-state index contributed by atoms with van der Waals surface area (Å²) in [5.74, 6) is -0.662. The number of hydrogen-bond donors (Lipinski definition) is 2. The fourth-order valence-corrected chi connectivity index (χ4v) is 2.74. The lowest BCUT2D eigenvalue weighted by Crippen LogP contribution is -2.23. The van der Waals surface area contributed by atoms with Crippen molar-refractivity contribution >= 4 is 16.0 Å². The molecule has 9 nitrogen and oxygen atoms in total. The van der Waals surface area contributed by atoms with E-state index in [1.807, 2.05) is 0 Å². The number of hydrogen-bond acceptors (Lipinski definition) is 6. The number of carboxylic acids is 1. The molecule has 0 fully saturated rings. The molecular weight excluding hydrogens is 300 g/mol. The predicted molar refractivity (Wildman–Crippen MR) is 70.1 cm³/mol. The lowest BCUT2D eigenvalue weighted by Gasteiger charge is -2.01. The molecule has 21 heavy (non-hydrogen) atoms. The number of carbonyl (C=O) groups is 1. The van der Waals surface area contributed by atoms with Gasteiger partial charge in [0.25, 0.3) is 0 Å². The number of nitrogens with one attached hydrogen (secondary N) is 1. The maximum Gasteiger partial charge on any atom is 0.352 e. The van der Waals surface area contributed by atoms with Crippen LogP contribution in [0.5, 0.6) is 0 Å². The molecule has 0 unspecified atom stereocenters. The normalized spacial score (nSPS) is 11.7. The zero-order chi connectivity index (χ0) is 15.6. The Morgan fingerprint density at radius 2 is 2.24 bits per heavy atom. The summed E-state index contributed by atoms with van der Waals surface area (Å²) in [6, 6.07) is 1.10. The number of aromatic carboxylic acids is 1. The molecule has 2 aromatic rings. The molecule has 0 saturated heterocycles. The molecule has 0 atom stereocenters. The van der Waals surface area contributed by atoms with E-state index in [1.54, 1.807) is 13.8 Å². The first-order valence-corrected chi connectivity index (χ1v) is 7.54. The van der Waals surface area contributed by atoms with Gasteiger partial charge in [0, 0.05) is 12.7 Å². The molecule has 0 aliphatic carbocycles. The second kappa shape index (κ2) is 5.66. The van der Waals surface area contributed by atoms with Gasteiger partial charge in [0.1, 0.15) is 10.6 Å². The SMILES string of the molecule is CCn1cc(S(=O)(=O)NCc2nc(C)no2)cc1C(=O)O. The highest BCUT2D eigenvalue weighted by molar-refractivity contribution is 7.89. The highest BCUT2D eigenvalue weighted by Crippen LogP contribution is 2.15. The van der Waals surface area contributed by atoms with Crippen molar-refractivity contribution in [3.8, 4) is 0 Å². The van der Waals surface area contributed by atoms with E-state index in [1.165, 1.54) is 10.8 Å². The predicted octanol–water partition coefficient (Wildman–Crippen LogP) is 0.376. The Bertz CT molecular complexity index is 761. The number of sulfonamides is 1. The van der Waals surface area contributed by atoms with Crippen molar-refractivity contribution in [3.63, 3.8) is 0 Å². The summed E-state index contributed by atoms with van der Waals surface area (Å²) < 4.78 is 32.6. The zero-order valence-electron chi connectivity index (χ0n) is 11.4. The molecular formula is C11H14N4O5S. The minimum atomic E-state index is -3.86. The van der Waals surface area contributed by atoms with Gasteiger partial charge in [-0.15, -0.1) is 0 Å². The van der Waals surface area contributed by atoms with Crippen molar-refractivity contribution in [2.45, 2.75) is 31.8 Å². The van der Waals surface area contributed by atoms with Gasteiger partial charge in [0.05, 0.1) is 6.54 Å². The van der Waals surface area contributed by atoms with Gasteiger partial charge in [-0.05, 0) is 19.9 Å². The lowest BCUT2D eigenvalue weighted by molar-refractivity contribution is 0.0685. The third-order valence-electron chi connectivity index (χ3n) is 2.72. The number of rotatable bonds is 6. The molecule has 2 aromatic heterocycles.